The number of hydrogen-bond acceptors (Lipinski definition) is 4. The second kappa shape index (κ2) is 11.3. The maximum absolute atomic E-state index is 5.98. The number of aliphatic imine (C=N–C) groups is 1. The molecule has 0 radical (unpaired) electrons. The second-order valence-electron chi connectivity index (χ2n) is 7.39. The predicted molar refractivity (Wildman–Crippen MR) is 112 cm³/mol. The summed E-state index contributed by atoms with van der Waals surface area (Å²) in [6, 6.07) is 8.35. The van der Waals surface area contributed by atoms with Crippen LogP contribution in [0, 0.1) is 0 Å². The van der Waals surface area contributed by atoms with Crippen molar-refractivity contribution in [3.63, 3.8) is 0 Å². The third-order valence-electron chi connectivity index (χ3n) is 5.14. The van der Waals surface area contributed by atoms with Gasteiger partial charge in [0.05, 0.1) is 19.3 Å². The summed E-state index contributed by atoms with van der Waals surface area (Å²) in [6.45, 7) is 9.91. The van der Waals surface area contributed by atoms with E-state index in [9.17, 15) is 0 Å². The van der Waals surface area contributed by atoms with Crippen LogP contribution in [0.3, 0.4) is 0 Å². The zero-order valence-electron chi connectivity index (χ0n) is 17.4. The molecule has 3 rings (SSSR count). The van der Waals surface area contributed by atoms with Crippen LogP contribution in [-0.2, 0) is 15.9 Å². The van der Waals surface area contributed by atoms with E-state index in [1.54, 1.807) is 0 Å². The molecule has 1 aromatic carbocycles. The third-order valence-corrected chi connectivity index (χ3v) is 5.14. The lowest BCUT2D eigenvalue weighted by atomic mass is 10.1. The Bertz CT molecular complexity index is 617. The van der Waals surface area contributed by atoms with Crippen LogP contribution in [-0.4, -0.2) is 69.1 Å². The summed E-state index contributed by atoms with van der Waals surface area (Å²) < 4.78 is 17.5. The molecule has 0 amide bonds. The van der Waals surface area contributed by atoms with E-state index in [1.807, 2.05) is 6.07 Å². The van der Waals surface area contributed by atoms with Gasteiger partial charge in [-0.05, 0) is 50.3 Å². The van der Waals surface area contributed by atoms with Crippen LogP contribution in [0.25, 0.3) is 0 Å². The molecule has 6 heteroatoms. The standard InChI is InChI=1S/C22H35N3O3/c1-3-13-26-19-8-5-7-18(16-19)10-11-24-22(23-4-2)25-12-15-28-21(17-25)20-9-6-14-27-20/h5,7-8,16,20-21H,3-4,6,9-15,17H2,1-2H3,(H,23,24). The van der Waals surface area contributed by atoms with Crippen molar-refractivity contribution in [1.82, 2.24) is 10.2 Å². The molecule has 28 heavy (non-hydrogen) atoms. The van der Waals surface area contributed by atoms with Crippen molar-refractivity contribution in [3.8, 4) is 5.75 Å². The van der Waals surface area contributed by atoms with Crippen molar-refractivity contribution >= 4 is 5.96 Å². The first kappa shape index (κ1) is 20.9. The summed E-state index contributed by atoms with van der Waals surface area (Å²) in [5.41, 5.74) is 1.26. The average Bonchev–Trinajstić information content (AvgIpc) is 3.27. The van der Waals surface area contributed by atoms with Gasteiger partial charge in [0.15, 0.2) is 5.96 Å². The number of guanidine groups is 1. The molecule has 0 spiro atoms. The highest BCUT2D eigenvalue weighted by Crippen LogP contribution is 2.21. The van der Waals surface area contributed by atoms with Gasteiger partial charge in [0.25, 0.3) is 0 Å². The molecular formula is C22H35N3O3. The summed E-state index contributed by atoms with van der Waals surface area (Å²) in [7, 11) is 0. The van der Waals surface area contributed by atoms with Crippen molar-refractivity contribution in [1.29, 1.82) is 0 Å². The normalized spacial score (nSPS) is 23.1. The highest BCUT2D eigenvalue weighted by Gasteiger charge is 2.32. The fraction of sp³-hybridized carbons (Fsp3) is 0.682. The number of benzene rings is 1. The summed E-state index contributed by atoms with van der Waals surface area (Å²) in [5.74, 6) is 1.93. The van der Waals surface area contributed by atoms with Crippen LogP contribution >= 0.6 is 0 Å². The fourth-order valence-electron chi connectivity index (χ4n) is 3.72. The molecule has 0 aliphatic carbocycles. The van der Waals surface area contributed by atoms with Crippen LogP contribution in [0.2, 0.25) is 0 Å². The quantitative estimate of drug-likeness (QED) is 0.547. The molecule has 2 fully saturated rings. The summed E-state index contributed by atoms with van der Waals surface area (Å²) >= 11 is 0. The maximum Gasteiger partial charge on any atom is 0.194 e. The zero-order chi connectivity index (χ0) is 19.6. The average molecular weight is 390 g/mol. The van der Waals surface area contributed by atoms with Crippen LogP contribution in [0.5, 0.6) is 5.75 Å². The van der Waals surface area contributed by atoms with Gasteiger partial charge in [0.1, 0.15) is 11.9 Å². The van der Waals surface area contributed by atoms with Gasteiger partial charge in [-0.2, -0.15) is 0 Å². The maximum atomic E-state index is 5.98. The first-order chi connectivity index (χ1) is 13.8. The molecule has 2 unspecified atom stereocenters. The Morgan fingerprint density at radius 2 is 2.14 bits per heavy atom. The van der Waals surface area contributed by atoms with Gasteiger partial charge in [0, 0.05) is 32.8 Å². The number of rotatable bonds is 8. The van der Waals surface area contributed by atoms with Gasteiger partial charge in [-0.25, -0.2) is 0 Å². The molecular weight excluding hydrogens is 354 g/mol. The highest BCUT2D eigenvalue weighted by atomic mass is 16.5. The lowest BCUT2D eigenvalue weighted by molar-refractivity contribution is -0.0817. The molecule has 2 heterocycles. The van der Waals surface area contributed by atoms with Gasteiger partial charge < -0.3 is 24.4 Å². The minimum atomic E-state index is 0.146. The summed E-state index contributed by atoms with van der Waals surface area (Å²) in [4.78, 5) is 7.20. The Balaban J connectivity index is 1.56. The van der Waals surface area contributed by atoms with Crippen LogP contribution in [0.4, 0.5) is 0 Å². The van der Waals surface area contributed by atoms with E-state index in [0.29, 0.717) is 0 Å². The number of morpholine rings is 1. The zero-order valence-corrected chi connectivity index (χ0v) is 17.4. The van der Waals surface area contributed by atoms with Gasteiger partial charge in [0.2, 0.25) is 0 Å². The molecule has 1 N–H and O–H groups in total. The number of nitrogens with one attached hydrogen (secondary N) is 1. The number of hydrogen-bond donors (Lipinski definition) is 1. The monoisotopic (exact) mass is 389 g/mol. The van der Waals surface area contributed by atoms with Crippen LogP contribution in [0.15, 0.2) is 29.3 Å². The van der Waals surface area contributed by atoms with Crippen LogP contribution in [0.1, 0.15) is 38.7 Å². The number of nitrogens with zero attached hydrogens (tertiary/aromatic N) is 2. The van der Waals surface area contributed by atoms with E-state index < -0.39 is 0 Å². The van der Waals surface area contributed by atoms with Gasteiger partial charge in [-0.15, -0.1) is 0 Å². The van der Waals surface area contributed by atoms with Crippen molar-refractivity contribution in [3.05, 3.63) is 29.8 Å². The van der Waals surface area contributed by atoms with E-state index >= 15 is 0 Å². The topological polar surface area (TPSA) is 55.3 Å². The summed E-state index contributed by atoms with van der Waals surface area (Å²) in [5, 5.41) is 3.44. The molecule has 2 aliphatic heterocycles. The van der Waals surface area contributed by atoms with Gasteiger partial charge >= 0.3 is 0 Å². The highest BCUT2D eigenvalue weighted by molar-refractivity contribution is 5.80. The molecule has 1 aromatic rings. The summed E-state index contributed by atoms with van der Waals surface area (Å²) in [6.07, 6.45) is 4.54. The Hall–Kier alpha value is -1.79. The van der Waals surface area contributed by atoms with E-state index in [2.05, 4.69) is 42.3 Å². The molecule has 0 bridgehead atoms. The first-order valence-corrected chi connectivity index (χ1v) is 10.8. The minimum Gasteiger partial charge on any atom is -0.494 e. The van der Waals surface area contributed by atoms with Gasteiger partial charge in [-0.3, -0.25) is 4.99 Å². The van der Waals surface area contributed by atoms with Gasteiger partial charge in [-0.1, -0.05) is 19.1 Å². The van der Waals surface area contributed by atoms with E-state index in [-0.39, 0.29) is 12.2 Å². The molecule has 2 atom stereocenters. The van der Waals surface area contributed by atoms with Crippen molar-refractivity contribution in [2.45, 2.75) is 51.7 Å². The molecule has 6 nitrogen and oxygen atoms in total. The Kier molecular flexibility index (Phi) is 8.42. The predicted octanol–water partition coefficient (Wildman–Crippen LogP) is 2.86. The third kappa shape index (κ3) is 6.11. The molecule has 156 valence electrons. The molecule has 0 aromatic heterocycles. The lowest BCUT2D eigenvalue weighted by Gasteiger charge is -2.37. The van der Waals surface area contributed by atoms with E-state index in [0.717, 1.165) is 83.4 Å². The fourth-order valence-corrected chi connectivity index (χ4v) is 3.72. The smallest absolute Gasteiger partial charge is 0.194 e. The van der Waals surface area contributed by atoms with Crippen molar-refractivity contribution in [2.75, 3.05) is 46.0 Å². The van der Waals surface area contributed by atoms with Crippen LogP contribution < -0.4 is 10.1 Å². The largest absolute Gasteiger partial charge is 0.494 e. The Morgan fingerprint density at radius 1 is 1.25 bits per heavy atom. The van der Waals surface area contributed by atoms with E-state index in [1.165, 1.54) is 5.56 Å². The first-order valence-electron chi connectivity index (χ1n) is 10.8. The van der Waals surface area contributed by atoms with Crippen molar-refractivity contribution < 1.29 is 14.2 Å². The SMILES string of the molecule is CCCOc1cccc(CCN=C(NCC)N2CCOC(C3CCCO3)C2)c1. The van der Waals surface area contributed by atoms with Crippen molar-refractivity contribution in [2.24, 2.45) is 4.99 Å². The molecule has 0 saturated carbocycles. The molecule has 2 saturated heterocycles. The second-order valence-corrected chi connectivity index (χ2v) is 7.39. The lowest BCUT2D eigenvalue weighted by Crippen LogP contribution is -2.53. The minimum absolute atomic E-state index is 0.146. The molecule has 2 aliphatic rings. The Morgan fingerprint density at radius 3 is 2.93 bits per heavy atom. The van der Waals surface area contributed by atoms with E-state index in [4.69, 9.17) is 19.2 Å². The Labute approximate surface area is 169 Å². The number of ether oxygens (including phenoxy) is 3.